The highest BCUT2D eigenvalue weighted by Crippen LogP contribution is 2.53. The van der Waals surface area contributed by atoms with Gasteiger partial charge in [0.2, 0.25) is 5.91 Å². The lowest BCUT2D eigenvalue weighted by molar-refractivity contribution is -0.122. The molecule has 0 spiro atoms. The Morgan fingerprint density at radius 2 is 2.19 bits per heavy atom. The molecule has 1 heterocycles. The second kappa shape index (κ2) is 7.01. The lowest BCUT2D eigenvalue weighted by atomic mass is 9.72. The molecule has 26 heavy (non-hydrogen) atoms. The number of rotatable bonds is 6. The Morgan fingerprint density at radius 3 is 2.81 bits per heavy atom. The third-order valence-corrected chi connectivity index (χ3v) is 5.13. The average Bonchev–Trinajstić information content (AvgIpc) is 3.41. The fraction of sp³-hybridized carbons (Fsp3) is 0.412. The molecule has 0 aromatic heterocycles. The molecule has 0 radical (unpaired) electrons. The normalized spacial score (nSPS) is 19.8. The highest BCUT2D eigenvalue weighted by Gasteiger charge is 2.47. The van der Waals surface area contributed by atoms with Crippen LogP contribution in [-0.2, 0) is 11.2 Å². The van der Waals surface area contributed by atoms with Gasteiger partial charge < -0.3 is 20.7 Å². The van der Waals surface area contributed by atoms with Crippen LogP contribution in [0.5, 0.6) is 5.75 Å². The van der Waals surface area contributed by atoms with Gasteiger partial charge >= 0.3 is 13.0 Å². The SMILES string of the molecule is C=C(CN)C1(CC(=O)N[C@H]2Cc3cccc(C(=O)N=O)c3OB2O)CC1. The number of nitrogens with one attached hydrogen (secondary N) is 1. The number of hydrogen-bond acceptors (Lipinski definition) is 6. The Hall–Kier alpha value is -2.52. The number of carbonyl (C=O) groups is 2. The zero-order chi connectivity index (χ0) is 18.9. The predicted molar refractivity (Wildman–Crippen MR) is 95.3 cm³/mol. The van der Waals surface area contributed by atoms with E-state index < -0.39 is 19.0 Å². The number of amides is 2. The van der Waals surface area contributed by atoms with E-state index in [0.29, 0.717) is 12.1 Å². The maximum absolute atomic E-state index is 12.4. The third-order valence-electron chi connectivity index (χ3n) is 5.13. The van der Waals surface area contributed by atoms with E-state index >= 15 is 0 Å². The molecule has 9 heteroatoms. The Kier molecular flexibility index (Phi) is 4.93. The van der Waals surface area contributed by atoms with E-state index in [1.807, 2.05) is 0 Å². The number of nitrogens with zero attached hydrogens (tertiary/aromatic N) is 1. The molecule has 1 aliphatic carbocycles. The van der Waals surface area contributed by atoms with Crippen LogP contribution >= 0.6 is 0 Å². The molecule has 136 valence electrons. The molecule has 1 saturated carbocycles. The number of fused-ring (bicyclic) bond motifs is 1. The van der Waals surface area contributed by atoms with Gasteiger partial charge in [0.25, 0.3) is 0 Å². The van der Waals surface area contributed by atoms with Crippen LogP contribution in [-0.4, -0.2) is 36.4 Å². The smallest absolute Gasteiger partial charge is 0.534 e. The van der Waals surface area contributed by atoms with E-state index in [2.05, 4.69) is 17.1 Å². The zero-order valence-corrected chi connectivity index (χ0v) is 14.2. The number of benzene rings is 1. The first-order valence-corrected chi connectivity index (χ1v) is 8.42. The van der Waals surface area contributed by atoms with Crippen LogP contribution in [0.1, 0.15) is 35.2 Å². The van der Waals surface area contributed by atoms with Gasteiger partial charge in [0.05, 0.1) is 11.5 Å². The second-order valence-corrected chi connectivity index (χ2v) is 6.84. The average molecular weight is 357 g/mol. The molecule has 0 bridgehead atoms. The Bertz CT molecular complexity index is 778. The van der Waals surface area contributed by atoms with Crippen LogP contribution in [0.15, 0.2) is 35.5 Å². The molecule has 2 aliphatic rings. The standard InChI is InChI=1S/C17H20BN3O5/c1-10(9-19)17(5-6-17)8-14(22)20-13-7-11-3-2-4-12(16(23)21-25)15(11)26-18(13)24/h2-4,13,24H,1,5-9,19H2,(H,20,22)/t13-/m0/s1. The summed E-state index contributed by atoms with van der Waals surface area (Å²) in [5, 5.41) is 15.4. The highest BCUT2D eigenvalue weighted by atomic mass is 16.5. The minimum absolute atomic E-state index is 0.00231. The molecule has 0 saturated heterocycles. The van der Waals surface area contributed by atoms with Crippen LogP contribution in [0.3, 0.4) is 0 Å². The van der Waals surface area contributed by atoms with Gasteiger partial charge in [-0.05, 0) is 30.9 Å². The lowest BCUT2D eigenvalue weighted by Gasteiger charge is -2.29. The van der Waals surface area contributed by atoms with E-state index in [-0.39, 0.29) is 35.5 Å². The number of nitroso groups, excluding NO2 is 1. The molecule has 2 amide bonds. The van der Waals surface area contributed by atoms with E-state index in [1.165, 1.54) is 6.07 Å². The Morgan fingerprint density at radius 1 is 1.46 bits per heavy atom. The van der Waals surface area contributed by atoms with Gasteiger partial charge in [0, 0.05) is 23.6 Å². The Balaban J connectivity index is 1.70. The van der Waals surface area contributed by atoms with Crippen LogP contribution in [0.4, 0.5) is 0 Å². The molecular weight excluding hydrogens is 337 g/mol. The summed E-state index contributed by atoms with van der Waals surface area (Å²) in [6.45, 7) is 4.29. The van der Waals surface area contributed by atoms with E-state index in [0.717, 1.165) is 18.4 Å². The maximum Gasteiger partial charge on any atom is 0.547 e. The lowest BCUT2D eigenvalue weighted by Crippen LogP contribution is -2.53. The van der Waals surface area contributed by atoms with Gasteiger partial charge in [-0.1, -0.05) is 24.3 Å². The van der Waals surface area contributed by atoms with Crippen molar-refractivity contribution in [1.82, 2.24) is 5.32 Å². The maximum atomic E-state index is 12.4. The minimum Gasteiger partial charge on any atom is -0.534 e. The first-order valence-electron chi connectivity index (χ1n) is 8.42. The summed E-state index contributed by atoms with van der Waals surface area (Å²) in [5.74, 6) is -1.71. The fourth-order valence-corrected chi connectivity index (χ4v) is 3.35. The van der Waals surface area contributed by atoms with Crippen molar-refractivity contribution in [2.24, 2.45) is 16.3 Å². The van der Waals surface area contributed by atoms with Crippen molar-refractivity contribution in [1.29, 1.82) is 0 Å². The van der Waals surface area contributed by atoms with Gasteiger partial charge in [-0.25, -0.2) is 0 Å². The Labute approximate surface area is 150 Å². The summed E-state index contributed by atoms with van der Waals surface area (Å²) in [4.78, 5) is 34.5. The van der Waals surface area contributed by atoms with E-state index in [9.17, 15) is 19.5 Å². The molecule has 0 unspecified atom stereocenters. The van der Waals surface area contributed by atoms with Gasteiger partial charge in [-0.2, -0.15) is 0 Å². The van der Waals surface area contributed by atoms with Crippen LogP contribution in [0, 0.1) is 10.3 Å². The molecule has 1 fully saturated rings. The monoisotopic (exact) mass is 357 g/mol. The van der Waals surface area contributed by atoms with Crippen molar-refractivity contribution in [3.63, 3.8) is 0 Å². The number of hydrogen-bond donors (Lipinski definition) is 3. The number of nitrogens with two attached hydrogens (primary N) is 1. The summed E-state index contributed by atoms with van der Waals surface area (Å²) >= 11 is 0. The molecular formula is C17H20BN3O5. The summed E-state index contributed by atoms with van der Waals surface area (Å²) in [5.41, 5.74) is 6.88. The van der Waals surface area contributed by atoms with Gasteiger partial charge in [0.1, 0.15) is 5.75 Å². The van der Waals surface area contributed by atoms with E-state index in [1.54, 1.807) is 12.1 Å². The minimum atomic E-state index is -1.33. The summed E-state index contributed by atoms with van der Waals surface area (Å²) in [6, 6.07) is 4.71. The topological polar surface area (TPSA) is 131 Å². The predicted octanol–water partition coefficient (Wildman–Crippen LogP) is 0.718. The van der Waals surface area contributed by atoms with Crippen molar-refractivity contribution in [2.45, 2.75) is 31.6 Å². The van der Waals surface area contributed by atoms with Crippen molar-refractivity contribution in [2.75, 3.05) is 6.54 Å². The van der Waals surface area contributed by atoms with Crippen LogP contribution < -0.4 is 15.7 Å². The van der Waals surface area contributed by atoms with Crippen molar-refractivity contribution < 1.29 is 19.3 Å². The summed E-state index contributed by atoms with van der Waals surface area (Å²) < 4.78 is 5.40. The second-order valence-electron chi connectivity index (χ2n) is 6.84. The highest BCUT2D eigenvalue weighted by molar-refractivity contribution is 6.47. The van der Waals surface area contributed by atoms with E-state index in [4.69, 9.17) is 10.4 Å². The van der Waals surface area contributed by atoms with Gasteiger partial charge in [-0.3, -0.25) is 9.59 Å². The first kappa shape index (κ1) is 18.3. The fourth-order valence-electron chi connectivity index (χ4n) is 3.35. The first-order chi connectivity index (χ1) is 12.4. The molecule has 4 N–H and O–H groups in total. The number of carbonyl (C=O) groups excluding carboxylic acids is 2. The van der Waals surface area contributed by atoms with Crippen molar-refractivity contribution in [3.8, 4) is 5.75 Å². The van der Waals surface area contributed by atoms with Crippen molar-refractivity contribution in [3.05, 3.63) is 46.4 Å². The molecule has 1 aliphatic heterocycles. The molecule has 3 rings (SSSR count). The summed E-state index contributed by atoms with van der Waals surface area (Å²) in [6.07, 6.45) is 2.31. The molecule has 1 atom stereocenters. The van der Waals surface area contributed by atoms with Gasteiger partial charge in [-0.15, -0.1) is 4.91 Å². The molecule has 1 aromatic carbocycles. The van der Waals surface area contributed by atoms with Gasteiger partial charge in [0.15, 0.2) is 0 Å². The van der Waals surface area contributed by atoms with Crippen molar-refractivity contribution >= 4 is 18.9 Å². The quantitative estimate of drug-likeness (QED) is 0.391. The van der Waals surface area contributed by atoms with Crippen LogP contribution in [0.2, 0.25) is 0 Å². The largest absolute Gasteiger partial charge is 0.547 e. The summed E-state index contributed by atoms with van der Waals surface area (Å²) in [7, 11) is -1.33. The molecule has 1 aromatic rings. The molecule has 8 nitrogen and oxygen atoms in total. The third kappa shape index (κ3) is 3.40. The number of para-hydroxylation sites is 1. The zero-order valence-electron chi connectivity index (χ0n) is 14.2. The van der Waals surface area contributed by atoms with Crippen LogP contribution in [0.25, 0.3) is 0 Å².